The number of likely N-dealkylation sites (tertiary alicyclic amines) is 1. The minimum absolute atomic E-state index is 0.258. The van der Waals surface area contributed by atoms with Crippen LogP contribution in [0.2, 0.25) is 0 Å². The summed E-state index contributed by atoms with van der Waals surface area (Å²) in [7, 11) is 0. The SMILES string of the molecule is O=C(O)C1CCCCN1C(=O)c1ccc(Oc2ccccn2)cc1. The van der Waals surface area contributed by atoms with Gasteiger partial charge < -0.3 is 14.7 Å². The number of piperidine rings is 1. The van der Waals surface area contributed by atoms with Crippen molar-refractivity contribution >= 4 is 11.9 Å². The lowest BCUT2D eigenvalue weighted by molar-refractivity contribution is -0.143. The van der Waals surface area contributed by atoms with Gasteiger partial charge in [-0.25, -0.2) is 9.78 Å². The Bertz CT molecular complexity index is 716. The second kappa shape index (κ2) is 7.12. The summed E-state index contributed by atoms with van der Waals surface area (Å²) in [5.74, 6) is -0.165. The number of amides is 1. The maximum absolute atomic E-state index is 12.6. The molecule has 1 saturated heterocycles. The van der Waals surface area contributed by atoms with E-state index >= 15 is 0 Å². The molecule has 0 bridgehead atoms. The number of carboxylic acids is 1. The normalized spacial score (nSPS) is 17.3. The Kier molecular flexibility index (Phi) is 4.74. The van der Waals surface area contributed by atoms with Crippen LogP contribution in [0.5, 0.6) is 11.6 Å². The van der Waals surface area contributed by atoms with Gasteiger partial charge in [-0.1, -0.05) is 6.07 Å². The van der Waals surface area contributed by atoms with E-state index in [-0.39, 0.29) is 5.91 Å². The predicted octanol–water partition coefficient (Wildman–Crippen LogP) is 2.95. The largest absolute Gasteiger partial charge is 0.480 e. The fourth-order valence-corrected chi connectivity index (χ4v) is 2.79. The Morgan fingerprint density at radius 2 is 1.92 bits per heavy atom. The minimum atomic E-state index is -0.946. The summed E-state index contributed by atoms with van der Waals surface area (Å²) in [4.78, 5) is 29.4. The molecule has 2 heterocycles. The van der Waals surface area contributed by atoms with Crippen molar-refractivity contribution in [2.75, 3.05) is 6.54 Å². The first-order valence-corrected chi connectivity index (χ1v) is 7.88. The van der Waals surface area contributed by atoms with Crippen LogP contribution in [0.1, 0.15) is 29.6 Å². The van der Waals surface area contributed by atoms with Gasteiger partial charge in [0, 0.05) is 24.4 Å². The maximum Gasteiger partial charge on any atom is 0.326 e. The average Bonchev–Trinajstić information content (AvgIpc) is 2.62. The Labute approximate surface area is 139 Å². The fraction of sp³-hybridized carbons (Fsp3) is 0.278. The highest BCUT2D eigenvalue weighted by Gasteiger charge is 2.32. The van der Waals surface area contributed by atoms with Crippen LogP contribution in [0.15, 0.2) is 48.7 Å². The van der Waals surface area contributed by atoms with E-state index in [9.17, 15) is 14.7 Å². The summed E-state index contributed by atoms with van der Waals surface area (Å²) in [6.07, 6.45) is 3.80. The van der Waals surface area contributed by atoms with E-state index in [1.807, 2.05) is 6.07 Å². The van der Waals surface area contributed by atoms with Gasteiger partial charge in [-0.2, -0.15) is 0 Å². The molecule has 3 rings (SSSR count). The Morgan fingerprint density at radius 3 is 2.58 bits per heavy atom. The van der Waals surface area contributed by atoms with Crippen molar-refractivity contribution < 1.29 is 19.4 Å². The first kappa shape index (κ1) is 16.0. The number of hydrogen-bond acceptors (Lipinski definition) is 4. The van der Waals surface area contributed by atoms with E-state index < -0.39 is 12.0 Å². The lowest BCUT2D eigenvalue weighted by Gasteiger charge is -2.33. The van der Waals surface area contributed by atoms with Crippen LogP contribution >= 0.6 is 0 Å². The molecule has 2 aromatic rings. The number of ether oxygens (including phenoxy) is 1. The van der Waals surface area contributed by atoms with Crippen LogP contribution in [0.25, 0.3) is 0 Å². The van der Waals surface area contributed by atoms with Gasteiger partial charge in [0.25, 0.3) is 5.91 Å². The van der Waals surface area contributed by atoms with Gasteiger partial charge in [-0.3, -0.25) is 4.79 Å². The summed E-state index contributed by atoms with van der Waals surface area (Å²) in [6, 6.07) is 11.3. The number of carbonyl (C=O) groups excluding carboxylic acids is 1. The van der Waals surface area contributed by atoms with Crippen LogP contribution in [-0.4, -0.2) is 39.5 Å². The average molecular weight is 326 g/mol. The van der Waals surface area contributed by atoms with Crippen molar-refractivity contribution in [3.8, 4) is 11.6 Å². The van der Waals surface area contributed by atoms with Crippen LogP contribution in [0.4, 0.5) is 0 Å². The molecule has 124 valence electrons. The third kappa shape index (κ3) is 3.53. The minimum Gasteiger partial charge on any atom is -0.480 e. The second-order valence-electron chi connectivity index (χ2n) is 5.64. The molecule has 1 aromatic carbocycles. The topological polar surface area (TPSA) is 79.7 Å². The maximum atomic E-state index is 12.6. The Balaban J connectivity index is 1.72. The number of nitrogens with zero attached hydrogens (tertiary/aromatic N) is 2. The van der Waals surface area contributed by atoms with E-state index in [2.05, 4.69) is 4.98 Å². The molecular formula is C18H18N2O4. The molecule has 1 atom stereocenters. The monoisotopic (exact) mass is 326 g/mol. The number of aromatic nitrogens is 1. The quantitative estimate of drug-likeness (QED) is 0.934. The number of carboxylic acid groups (broad SMARTS) is 1. The number of carbonyl (C=O) groups is 2. The molecule has 1 aliphatic rings. The smallest absolute Gasteiger partial charge is 0.326 e. The van der Waals surface area contributed by atoms with Crippen LogP contribution < -0.4 is 4.74 Å². The van der Waals surface area contributed by atoms with Crippen molar-refractivity contribution in [3.05, 3.63) is 54.2 Å². The zero-order valence-corrected chi connectivity index (χ0v) is 13.1. The Hall–Kier alpha value is -2.89. The molecule has 0 spiro atoms. The number of rotatable bonds is 4. The van der Waals surface area contributed by atoms with E-state index in [4.69, 9.17) is 4.74 Å². The van der Waals surface area contributed by atoms with Crippen LogP contribution in [0.3, 0.4) is 0 Å². The van der Waals surface area contributed by atoms with Crippen molar-refractivity contribution in [3.63, 3.8) is 0 Å². The summed E-state index contributed by atoms with van der Waals surface area (Å²) in [5, 5.41) is 9.29. The van der Waals surface area contributed by atoms with E-state index in [1.54, 1.807) is 42.6 Å². The van der Waals surface area contributed by atoms with Gasteiger partial charge in [0.15, 0.2) is 0 Å². The summed E-state index contributed by atoms with van der Waals surface area (Å²) < 4.78 is 5.59. The molecule has 1 fully saturated rings. The zero-order valence-electron chi connectivity index (χ0n) is 13.1. The highest BCUT2D eigenvalue weighted by atomic mass is 16.5. The van der Waals surface area contributed by atoms with Crippen molar-refractivity contribution in [1.29, 1.82) is 0 Å². The van der Waals surface area contributed by atoms with Gasteiger partial charge in [-0.15, -0.1) is 0 Å². The highest BCUT2D eigenvalue weighted by molar-refractivity contribution is 5.96. The molecular weight excluding hydrogens is 308 g/mol. The van der Waals surface area contributed by atoms with Crippen LogP contribution in [-0.2, 0) is 4.79 Å². The van der Waals surface area contributed by atoms with Crippen molar-refractivity contribution in [2.45, 2.75) is 25.3 Å². The highest BCUT2D eigenvalue weighted by Crippen LogP contribution is 2.23. The molecule has 0 saturated carbocycles. The molecule has 6 nitrogen and oxygen atoms in total. The fourth-order valence-electron chi connectivity index (χ4n) is 2.79. The van der Waals surface area contributed by atoms with Crippen LogP contribution in [0, 0.1) is 0 Å². The van der Waals surface area contributed by atoms with E-state index in [1.165, 1.54) is 4.90 Å². The standard InChI is InChI=1S/C18H18N2O4/c21-17(20-12-4-2-5-15(20)18(22)23)13-7-9-14(10-8-13)24-16-6-1-3-11-19-16/h1,3,6-11,15H,2,4-5,12H2,(H,22,23). The summed E-state index contributed by atoms with van der Waals surface area (Å²) in [5.41, 5.74) is 0.455. The molecule has 1 aliphatic heterocycles. The second-order valence-corrected chi connectivity index (χ2v) is 5.64. The van der Waals surface area contributed by atoms with E-state index in [0.29, 0.717) is 30.2 Å². The lowest BCUT2D eigenvalue weighted by Crippen LogP contribution is -2.47. The third-order valence-corrected chi connectivity index (χ3v) is 4.01. The number of pyridine rings is 1. The number of aliphatic carboxylic acids is 1. The number of hydrogen-bond donors (Lipinski definition) is 1. The van der Waals surface area contributed by atoms with Crippen molar-refractivity contribution in [1.82, 2.24) is 9.88 Å². The summed E-state index contributed by atoms with van der Waals surface area (Å²) >= 11 is 0. The zero-order chi connectivity index (χ0) is 16.9. The van der Waals surface area contributed by atoms with Gasteiger partial charge in [-0.05, 0) is 49.6 Å². The first-order valence-electron chi connectivity index (χ1n) is 7.88. The van der Waals surface area contributed by atoms with E-state index in [0.717, 1.165) is 12.8 Å². The molecule has 1 unspecified atom stereocenters. The Morgan fingerprint density at radius 1 is 1.12 bits per heavy atom. The van der Waals surface area contributed by atoms with Gasteiger partial charge in [0.05, 0.1) is 0 Å². The first-order chi connectivity index (χ1) is 11.6. The third-order valence-electron chi connectivity index (χ3n) is 4.01. The molecule has 24 heavy (non-hydrogen) atoms. The molecule has 0 radical (unpaired) electrons. The molecule has 0 aliphatic carbocycles. The van der Waals surface area contributed by atoms with Gasteiger partial charge in [0.1, 0.15) is 11.8 Å². The van der Waals surface area contributed by atoms with Gasteiger partial charge >= 0.3 is 5.97 Å². The molecule has 1 N–H and O–H groups in total. The molecule has 1 aromatic heterocycles. The molecule has 1 amide bonds. The summed E-state index contributed by atoms with van der Waals surface area (Å²) in [6.45, 7) is 0.474. The predicted molar refractivity (Wildman–Crippen MR) is 87.1 cm³/mol. The molecule has 6 heteroatoms. The van der Waals surface area contributed by atoms with Crippen molar-refractivity contribution in [2.24, 2.45) is 0 Å². The lowest BCUT2D eigenvalue weighted by atomic mass is 10.0. The number of benzene rings is 1. The van der Waals surface area contributed by atoms with Gasteiger partial charge in [0.2, 0.25) is 5.88 Å².